The number of hydrogen-bond acceptors (Lipinski definition) is 3. The number of hydrogen-bond donors (Lipinski definition) is 3. The van der Waals surface area contributed by atoms with Gasteiger partial charge in [0.2, 0.25) is 5.91 Å². The number of halogens is 1. The molecule has 0 fully saturated rings. The molecule has 19 heavy (non-hydrogen) atoms. The number of nitrogens with one attached hydrogen (secondary N) is 1. The molecular weight excluding hydrogens is 314 g/mol. The highest BCUT2D eigenvalue weighted by Crippen LogP contribution is 2.16. The summed E-state index contributed by atoms with van der Waals surface area (Å²) in [4.78, 5) is 22.4. The van der Waals surface area contributed by atoms with E-state index in [0.717, 1.165) is 10.0 Å². The largest absolute Gasteiger partial charge is 0.480 e. The number of benzene rings is 1. The van der Waals surface area contributed by atoms with Crippen molar-refractivity contribution < 1.29 is 19.8 Å². The summed E-state index contributed by atoms with van der Waals surface area (Å²) in [7, 11) is 0. The molecule has 0 unspecified atom stereocenters. The van der Waals surface area contributed by atoms with Crippen LogP contribution in [0, 0.1) is 0 Å². The van der Waals surface area contributed by atoms with Gasteiger partial charge in [-0.05, 0) is 17.7 Å². The zero-order valence-electron chi connectivity index (χ0n) is 10.0. The molecule has 5 nitrogen and oxygen atoms in total. The Balaban J connectivity index is 2.64. The summed E-state index contributed by atoms with van der Waals surface area (Å²) < 4.78 is 0.837. The van der Waals surface area contributed by atoms with Gasteiger partial charge in [0.25, 0.3) is 0 Å². The molecule has 1 aromatic rings. The number of aliphatic carboxylic acids is 1. The number of rotatable bonds is 6. The highest BCUT2D eigenvalue weighted by molar-refractivity contribution is 9.10. The number of aliphatic hydroxyl groups excluding tert-OH is 1. The minimum absolute atomic E-state index is 0.0239. The molecule has 0 bridgehead atoms. The molecule has 0 spiro atoms. The Bertz CT molecular complexity index is 487. The van der Waals surface area contributed by atoms with Gasteiger partial charge in [-0.3, -0.25) is 4.79 Å². The molecule has 0 saturated carbocycles. The highest BCUT2D eigenvalue weighted by Gasteiger charge is 2.17. The van der Waals surface area contributed by atoms with E-state index in [2.05, 4.69) is 21.2 Å². The molecule has 0 saturated heterocycles. The van der Waals surface area contributed by atoms with Crippen LogP contribution in [0.1, 0.15) is 12.0 Å². The fourth-order valence-corrected chi connectivity index (χ4v) is 1.80. The second-order valence-electron chi connectivity index (χ2n) is 3.77. The van der Waals surface area contributed by atoms with Crippen LogP contribution in [-0.2, 0) is 9.59 Å². The van der Waals surface area contributed by atoms with E-state index in [1.165, 1.54) is 6.08 Å². The number of aliphatic hydroxyl groups is 1. The number of carbonyl (C=O) groups excluding carboxylic acids is 1. The molecule has 0 aliphatic carbocycles. The maximum Gasteiger partial charge on any atom is 0.326 e. The van der Waals surface area contributed by atoms with E-state index < -0.39 is 17.9 Å². The van der Waals surface area contributed by atoms with Crippen molar-refractivity contribution in [2.45, 2.75) is 12.5 Å². The summed E-state index contributed by atoms with van der Waals surface area (Å²) in [6, 6.07) is 6.25. The predicted octanol–water partition coefficient (Wildman–Crippen LogP) is 1.41. The van der Waals surface area contributed by atoms with Gasteiger partial charge in [0, 0.05) is 23.6 Å². The Morgan fingerprint density at radius 2 is 2.05 bits per heavy atom. The van der Waals surface area contributed by atoms with Gasteiger partial charge in [-0.25, -0.2) is 4.79 Å². The lowest BCUT2D eigenvalue weighted by atomic mass is 10.2. The SMILES string of the molecule is O=C(/C=C/c1ccccc1Br)N[C@@H](CCO)C(=O)O. The molecule has 1 atom stereocenters. The van der Waals surface area contributed by atoms with Crippen LogP contribution >= 0.6 is 15.9 Å². The fraction of sp³-hybridized carbons (Fsp3) is 0.231. The van der Waals surface area contributed by atoms with Crippen LogP contribution in [0.3, 0.4) is 0 Å². The first-order chi connectivity index (χ1) is 9.04. The maximum absolute atomic E-state index is 11.6. The zero-order valence-corrected chi connectivity index (χ0v) is 11.6. The molecule has 1 aromatic carbocycles. The fourth-order valence-electron chi connectivity index (χ4n) is 1.38. The predicted molar refractivity (Wildman–Crippen MR) is 74.4 cm³/mol. The van der Waals surface area contributed by atoms with Crippen molar-refractivity contribution >= 4 is 33.9 Å². The Hall–Kier alpha value is -1.66. The lowest BCUT2D eigenvalue weighted by Gasteiger charge is -2.11. The van der Waals surface area contributed by atoms with Crippen molar-refractivity contribution in [1.29, 1.82) is 0 Å². The van der Waals surface area contributed by atoms with Gasteiger partial charge >= 0.3 is 5.97 Å². The minimum Gasteiger partial charge on any atom is -0.480 e. The van der Waals surface area contributed by atoms with E-state index in [-0.39, 0.29) is 13.0 Å². The third kappa shape index (κ3) is 5.23. The summed E-state index contributed by atoms with van der Waals surface area (Å²) >= 11 is 3.34. The van der Waals surface area contributed by atoms with Gasteiger partial charge < -0.3 is 15.5 Å². The van der Waals surface area contributed by atoms with Crippen molar-refractivity contribution in [3.05, 3.63) is 40.4 Å². The molecular formula is C13H14BrNO4. The second kappa shape index (κ2) is 7.70. The Morgan fingerprint density at radius 3 is 2.63 bits per heavy atom. The van der Waals surface area contributed by atoms with Crippen molar-refractivity contribution in [3.8, 4) is 0 Å². The van der Waals surface area contributed by atoms with E-state index in [1.54, 1.807) is 6.08 Å². The minimum atomic E-state index is -1.17. The van der Waals surface area contributed by atoms with Crippen LogP contribution in [0.5, 0.6) is 0 Å². The smallest absolute Gasteiger partial charge is 0.326 e. The second-order valence-corrected chi connectivity index (χ2v) is 4.62. The van der Waals surface area contributed by atoms with Gasteiger partial charge in [0.15, 0.2) is 0 Å². The number of amides is 1. The summed E-state index contributed by atoms with van der Waals surface area (Å²) in [5, 5.41) is 19.8. The molecule has 0 aliphatic rings. The molecule has 102 valence electrons. The molecule has 0 radical (unpaired) electrons. The summed E-state index contributed by atoms with van der Waals surface area (Å²) in [6.45, 7) is -0.300. The van der Waals surface area contributed by atoms with Crippen LogP contribution in [-0.4, -0.2) is 34.7 Å². The van der Waals surface area contributed by atoms with Crippen LogP contribution in [0.2, 0.25) is 0 Å². The van der Waals surface area contributed by atoms with E-state index >= 15 is 0 Å². The molecule has 0 aromatic heterocycles. The Morgan fingerprint density at radius 1 is 1.37 bits per heavy atom. The average Bonchev–Trinajstić information content (AvgIpc) is 2.37. The number of carboxylic acids is 1. The van der Waals surface area contributed by atoms with Gasteiger partial charge in [0.05, 0.1) is 0 Å². The normalized spacial score (nSPS) is 12.3. The van der Waals surface area contributed by atoms with E-state index in [0.29, 0.717) is 0 Å². The van der Waals surface area contributed by atoms with Gasteiger partial charge in [-0.1, -0.05) is 34.1 Å². The van der Waals surface area contributed by atoms with E-state index in [9.17, 15) is 9.59 Å². The number of carbonyl (C=O) groups is 2. The summed E-state index contributed by atoms with van der Waals surface area (Å²) in [5.41, 5.74) is 0.812. The first-order valence-corrected chi connectivity index (χ1v) is 6.40. The Labute approximate surface area is 119 Å². The van der Waals surface area contributed by atoms with Gasteiger partial charge in [-0.2, -0.15) is 0 Å². The maximum atomic E-state index is 11.6. The molecule has 0 heterocycles. The molecule has 0 aliphatic heterocycles. The average molecular weight is 328 g/mol. The first-order valence-electron chi connectivity index (χ1n) is 5.61. The van der Waals surface area contributed by atoms with Crippen molar-refractivity contribution in [1.82, 2.24) is 5.32 Å². The first kappa shape index (κ1) is 15.4. The molecule has 1 amide bonds. The summed E-state index contributed by atoms with van der Waals surface area (Å²) in [5.74, 6) is -1.69. The summed E-state index contributed by atoms with van der Waals surface area (Å²) in [6.07, 6.45) is 2.81. The van der Waals surface area contributed by atoms with Crippen molar-refractivity contribution in [3.63, 3.8) is 0 Å². The van der Waals surface area contributed by atoms with E-state index in [4.69, 9.17) is 10.2 Å². The highest BCUT2D eigenvalue weighted by atomic mass is 79.9. The van der Waals surface area contributed by atoms with Crippen LogP contribution in [0.15, 0.2) is 34.8 Å². The Kier molecular flexibility index (Phi) is 6.24. The van der Waals surface area contributed by atoms with Crippen LogP contribution < -0.4 is 5.32 Å². The lowest BCUT2D eigenvalue weighted by Crippen LogP contribution is -2.40. The molecule has 3 N–H and O–H groups in total. The quantitative estimate of drug-likeness (QED) is 0.689. The lowest BCUT2D eigenvalue weighted by molar-refractivity contribution is -0.141. The molecule has 6 heteroatoms. The third-order valence-electron chi connectivity index (χ3n) is 2.35. The topological polar surface area (TPSA) is 86.6 Å². The van der Waals surface area contributed by atoms with E-state index in [1.807, 2.05) is 24.3 Å². The van der Waals surface area contributed by atoms with Crippen LogP contribution in [0.25, 0.3) is 6.08 Å². The van der Waals surface area contributed by atoms with Gasteiger partial charge in [0.1, 0.15) is 6.04 Å². The van der Waals surface area contributed by atoms with Crippen LogP contribution in [0.4, 0.5) is 0 Å². The number of carboxylic acid groups (broad SMARTS) is 1. The van der Waals surface area contributed by atoms with Gasteiger partial charge in [-0.15, -0.1) is 0 Å². The standard InChI is InChI=1S/C13H14BrNO4/c14-10-4-2-1-3-9(10)5-6-12(17)15-11(7-8-16)13(18)19/h1-6,11,16H,7-8H2,(H,15,17)(H,18,19)/b6-5+/t11-/m0/s1. The monoisotopic (exact) mass is 327 g/mol. The third-order valence-corrected chi connectivity index (χ3v) is 3.07. The van der Waals surface area contributed by atoms with Crippen molar-refractivity contribution in [2.75, 3.05) is 6.61 Å². The molecule has 1 rings (SSSR count). The zero-order chi connectivity index (χ0) is 14.3. The van der Waals surface area contributed by atoms with Crippen molar-refractivity contribution in [2.24, 2.45) is 0 Å².